The summed E-state index contributed by atoms with van der Waals surface area (Å²) in [4.78, 5) is 13.1. The summed E-state index contributed by atoms with van der Waals surface area (Å²) in [5.74, 6) is 2.35. The third-order valence-electron chi connectivity index (χ3n) is 1.96. The van der Waals surface area contributed by atoms with Gasteiger partial charge in [0.05, 0.1) is 0 Å². The van der Waals surface area contributed by atoms with Gasteiger partial charge in [-0.1, -0.05) is 18.2 Å². The van der Waals surface area contributed by atoms with E-state index in [-0.39, 0.29) is 11.8 Å². The molecule has 2 nitrogen and oxygen atoms in total. The Kier molecular flexibility index (Phi) is 4.73. The lowest BCUT2D eigenvalue weighted by molar-refractivity contribution is -0.116. The van der Waals surface area contributed by atoms with Gasteiger partial charge in [0, 0.05) is 18.7 Å². The maximum atomic E-state index is 11.5. The average molecular weight is 222 g/mol. The molecule has 0 aliphatic heterocycles. The van der Waals surface area contributed by atoms with Crippen molar-refractivity contribution in [2.45, 2.75) is 6.42 Å². The Morgan fingerprint density at radius 3 is 2.60 bits per heavy atom. The lowest BCUT2D eigenvalue weighted by atomic mass is 10.2. The van der Waals surface area contributed by atoms with Crippen molar-refractivity contribution in [2.24, 2.45) is 0 Å². The molecule has 0 bridgehead atoms. The highest BCUT2D eigenvalue weighted by molar-refractivity contribution is 6.29. The van der Waals surface area contributed by atoms with Gasteiger partial charge in [-0.25, -0.2) is 0 Å². The molecule has 3 heteroatoms. The Labute approximate surface area is 94.8 Å². The number of benzene rings is 1. The number of alkyl halides is 1. The van der Waals surface area contributed by atoms with Crippen molar-refractivity contribution in [1.82, 2.24) is 0 Å². The summed E-state index contributed by atoms with van der Waals surface area (Å²) in [6.07, 6.45) is 5.70. The van der Waals surface area contributed by atoms with Gasteiger partial charge in [0.2, 0.25) is 5.91 Å². The van der Waals surface area contributed by atoms with Crippen LogP contribution in [0.25, 0.3) is 0 Å². The molecule has 0 saturated carbocycles. The molecule has 1 aromatic carbocycles. The summed E-state index contributed by atoms with van der Waals surface area (Å²) in [6, 6.07) is 9.37. The molecule has 0 saturated heterocycles. The molecule has 0 spiro atoms. The Morgan fingerprint density at radius 2 is 2.07 bits per heavy atom. The van der Waals surface area contributed by atoms with E-state index in [2.05, 4.69) is 5.92 Å². The highest BCUT2D eigenvalue weighted by Gasteiger charge is 2.12. The molecule has 0 aliphatic carbocycles. The van der Waals surface area contributed by atoms with E-state index in [0.29, 0.717) is 13.0 Å². The minimum atomic E-state index is -0.127. The topological polar surface area (TPSA) is 20.3 Å². The van der Waals surface area contributed by atoms with E-state index in [0.717, 1.165) is 5.69 Å². The molecule has 1 rings (SSSR count). The highest BCUT2D eigenvalue weighted by atomic mass is 35.5. The third-order valence-corrected chi connectivity index (χ3v) is 2.19. The van der Waals surface area contributed by atoms with E-state index < -0.39 is 0 Å². The first kappa shape index (κ1) is 11.6. The molecule has 0 aliphatic rings. The predicted molar refractivity (Wildman–Crippen MR) is 63.0 cm³/mol. The van der Waals surface area contributed by atoms with E-state index in [9.17, 15) is 4.79 Å². The molecule has 0 unspecified atom stereocenters. The van der Waals surface area contributed by atoms with Crippen LogP contribution in [0.15, 0.2) is 30.3 Å². The Morgan fingerprint density at radius 1 is 1.40 bits per heavy atom. The van der Waals surface area contributed by atoms with Gasteiger partial charge in [-0.2, -0.15) is 0 Å². The minimum absolute atomic E-state index is 0.0283. The van der Waals surface area contributed by atoms with E-state index in [1.807, 2.05) is 30.3 Å². The SMILES string of the molecule is C#CCCN(C(=O)CCl)c1ccccc1. The second-order valence-corrected chi connectivity index (χ2v) is 3.24. The zero-order chi connectivity index (χ0) is 11.1. The Balaban J connectivity index is 2.82. The monoisotopic (exact) mass is 221 g/mol. The van der Waals surface area contributed by atoms with Crippen molar-refractivity contribution in [3.8, 4) is 12.3 Å². The lowest BCUT2D eigenvalue weighted by Crippen LogP contribution is -2.32. The second-order valence-electron chi connectivity index (χ2n) is 2.97. The van der Waals surface area contributed by atoms with Gasteiger partial charge < -0.3 is 4.90 Å². The fourth-order valence-electron chi connectivity index (χ4n) is 1.25. The van der Waals surface area contributed by atoms with Gasteiger partial charge in [-0.15, -0.1) is 23.9 Å². The predicted octanol–water partition coefficient (Wildman–Crippen LogP) is 2.28. The number of rotatable bonds is 4. The molecule has 0 N–H and O–H groups in total. The van der Waals surface area contributed by atoms with E-state index in [4.69, 9.17) is 18.0 Å². The zero-order valence-corrected chi connectivity index (χ0v) is 9.07. The number of para-hydroxylation sites is 1. The zero-order valence-electron chi connectivity index (χ0n) is 8.32. The number of nitrogens with zero attached hydrogens (tertiary/aromatic N) is 1. The standard InChI is InChI=1S/C12H12ClNO/c1-2-3-9-14(12(15)10-13)11-7-5-4-6-8-11/h1,4-8H,3,9-10H2. The maximum Gasteiger partial charge on any atom is 0.241 e. The van der Waals surface area contributed by atoms with Crippen molar-refractivity contribution in [2.75, 3.05) is 17.3 Å². The van der Waals surface area contributed by atoms with Crippen LogP contribution in [-0.4, -0.2) is 18.3 Å². The number of carbonyl (C=O) groups excluding carboxylic acids is 1. The van der Waals surface area contributed by atoms with Crippen LogP contribution >= 0.6 is 11.6 Å². The van der Waals surface area contributed by atoms with Crippen LogP contribution in [0.3, 0.4) is 0 Å². The number of hydrogen-bond acceptors (Lipinski definition) is 1. The van der Waals surface area contributed by atoms with Crippen molar-refractivity contribution in [3.63, 3.8) is 0 Å². The maximum absolute atomic E-state index is 11.5. The molecule has 1 amide bonds. The first-order valence-electron chi connectivity index (χ1n) is 4.64. The van der Waals surface area contributed by atoms with Crippen LogP contribution in [0.5, 0.6) is 0 Å². The lowest BCUT2D eigenvalue weighted by Gasteiger charge is -2.20. The first-order chi connectivity index (χ1) is 7.29. The number of carbonyl (C=O) groups is 1. The first-order valence-corrected chi connectivity index (χ1v) is 5.18. The van der Waals surface area contributed by atoms with Gasteiger partial charge in [0.1, 0.15) is 5.88 Å². The number of amides is 1. The third kappa shape index (κ3) is 3.30. The van der Waals surface area contributed by atoms with Crippen LogP contribution in [0.2, 0.25) is 0 Å². The van der Waals surface area contributed by atoms with Crippen LogP contribution < -0.4 is 4.90 Å². The molecule has 1 aromatic rings. The van der Waals surface area contributed by atoms with Crippen molar-refractivity contribution in [1.29, 1.82) is 0 Å². The summed E-state index contributed by atoms with van der Waals surface area (Å²) in [5, 5.41) is 0. The van der Waals surface area contributed by atoms with Crippen molar-refractivity contribution < 1.29 is 4.79 Å². The largest absolute Gasteiger partial charge is 0.310 e. The normalized spacial score (nSPS) is 9.33. The molecular weight excluding hydrogens is 210 g/mol. The minimum Gasteiger partial charge on any atom is -0.310 e. The van der Waals surface area contributed by atoms with E-state index in [1.165, 1.54) is 0 Å². The molecule has 0 radical (unpaired) electrons. The molecule has 0 heterocycles. The smallest absolute Gasteiger partial charge is 0.241 e. The highest BCUT2D eigenvalue weighted by Crippen LogP contribution is 2.14. The van der Waals surface area contributed by atoms with Gasteiger partial charge in [0.25, 0.3) is 0 Å². The summed E-state index contributed by atoms with van der Waals surface area (Å²) in [6.45, 7) is 0.506. The van der Waals surface area contributed by atoms with Crippen molar-refractivity contribution >= 4 is 23.2 Å². The van der Waals surface area contributed by atoms with Crippen LogP contribution in [0, 0.1) is 12.3 Å². The van der Waals surface area contributed by atoms with Gasteiger partial charge in [-0.3, -0.25) is 4.79 Å². The fourth-order valence-corrected chi connectivity index (χ4v) is 1.40. The molecular formula is C12H12ClNO. The molecule has 78 valence electrons. The molecule has 0 fully saturated rings. The van der Waals surface area contributed by atoms with E-state index >= 15 is 0 Å². The van der Waals surface area contributed by atoms with Gasteiger partial charge >= 0.3 is 0 Å². The van der Waals surface area contributed by atoms with Gasteiger partial charge in [0.15, 0.2) is 0 Å². The van der Waals surface area contributed by atoms with E-state index in [1.54, 1.807) is 4.90 Å². The second kappa shape index (κ2) is 6.10. The Hall–Kier alpha value is -1.46. The Bertz CT molecular complexity index is 356. The van der Waals surface area contributed by atoms with Crippen molar-refractivity contribution in [3.05, 3.63) is 30.3 Å². The van der Waals surface area contributed by atoms with Crippen LogP contribution in [-0.2, 0) is 4.79 Å². The summed E-state index contributed by atoms with van der Waals surface area (Å²) < 4.78 is 0. The number of terminal acetylenes is 1. The molecule has 0 atom stereocenters. The van der Waals surface area contributed by atoms with Crippen LogP contribution in [0.1, 0.15) is 6.42 Å². The average Bonchev–Trinajstić information content (AvgIpc) is 2.30. The molecule has 0 aromatic heterocycles. The quantitative estimate of drug-likeness (QED) is 0.564. The molecule has 15 heavy (non-hydrogen) atoms. The van der Waals surface area contributed by atoms with Gasteiger partial charge in [-0.05, 0) is 12.1 Å². The number of halogens is 1. The summed E-state index contributed by atoms with van der Waals surface area (Å²) in [7, 11) is 0. The fraction of sp³-hybridized carbons (Fsp3) is 0.250. The number of hydrogen-bond donors (Lipinski definition) is 0. The van der Waals surface area contributed by atoms with Crippen LogP contribution in [0.4, 0.5) is 5.69 Å². The summed E-state index contributed by atoms with van der Waals surface area (Å²) in [5.41, 5.74) is 0.832. The number of anilines is 1. The summed E-state index contributed by atoms with van der Waals surface area (Å²) >= 11 is 5.53.